The number of anilines is 7. The first-order valence-corrected chi connectivity index (χ1v) is 14.1. The van der Waals surface area contributed by atoms with Gasteiger partial charge in [0.25, 0.3) is 0 Å². The number of benzene rings is 2. The number of nitrogen functional groups attached to an aromatic ring is 1. The van der Waals surface area contributed by atoms with Gasteiger partial charge in [0, 0.05) is 37.9 Å². The number of nitrogens with zero attached hydrogens (tertiary/aromatic N) is 4. The molecule has 4 rings (SSSR count). The van der Waals surface area contributed by atoms with E-state index in [1.807, 2.05) is 12.1 Å². The molecule has 1 aromatic heterocycles. The summed E-state index contributed by atoms with van der Waals surface area (Å²) in [7, 11) is 3.15. The van der Waals surface area contributed by atoms with Crippen molar-refractivity contribution in [3.8, 4) is 11.5 Å². The van der Waals surface area contributed by atoms with Crippen LogP contribution in [0.15, 0.2) is 36.5 Å². The van der Waals surface area contributed by atoms with Crippen molar-refractivity contribution in [2.45, 2.75) is 33.3 Å². The van der Waals surface area contributed by atoms with Gasteiger partial charge in [0.05, 0.1) is 43.2 Å². The minimum absolute atomic E-state index is 0.269. The fraction of sp³-hybridized carbons (Fsp3) is 0.414. The predicted molar refractivity (Wildman–Crippen MR) is 168 cm³/mol. The molecule has 0 spiro atoms. The monoisotopic (exact) mass is 598 g/mol. The number of hydrogen-bond donors (Lipinski definition) is 4. The first-order chi connectivity index (χ1) is 20.0. The number of carbonyl (C=O) groups is 1. The fourth-order valence-corrected chi connectivity index (χ4v) is 4.64. The molecule has 13 heteroatoms. The second kappa shape index (κ2) is 13.2. The minimum Gasteiger partial charge on any atom is -0.495 e. The fourth-order valence-electron chi connectivity index (χ4n) is 4.50. The lowest BCUT2D eigenvalue weighted by Gasteiger charge is -2.36. The number of nitrogens with one attached hydrogen (secondary N) is 3. The van der Waals surface area contributed by atoms with Crippen LogP contribution < -0.4 is 36.1 Å². The second-order valence-electron chi connectivity index (χ2n) is 10.7. The number of aromatic nitrogens is 2. The third-order valence-electron chi connectivity index (χ3n) is 6.60. The molecule has 42 heavy (non-hydrogen) atoms. The van der Waals surface area contributed by atoms with Crippen LogP contribution in [0.4, 0.5) is 45.0 Å². The summed E-state index contributed by atoms with van der Waals surface area (Å²) in [5.74, 6) is 1.71. The Morgan fingerprint density at radius 2 is 1.71 bits per heavy atom. The largest absolute Gasteiger partial charge is 0.495 e. The average molecular weight is 599 g/mol. The van der Waals surface area contributed by atoms with E-state index in [9.17, 15) is 4.79 Å². The first kappa shape index (κ1) is 30.8. The first-order valence-electron chi connectivity index (χ1n) is 13.7. The Bertz CT molecular complexity index is 1410. The molecule has 0 atom stereocenters. The molecule has 1 fully saturated rings. The van der Waals surface area contributed by atoms with Gasteiger partial charge in [-0.1, -0.05) is 18.5 Å². The zero-order chi connectivity index (χ0) is 30.4. The molecule has 1 aliphatic heterocycles. The van der Waals surface area contributed by atoms with Crippen LogP contribution in [-0.2, 0) is 4.74 Å². The van der Waals surface area contributed by atoms with Gasteiger partial charge < -0.3 is 40.4 Å². The average Bonchev–Trinajstić information content (AvgIpc) is 2.94. The summed E-state index contributed by atoms with van der Waals surface area (Å²) < 4.78 is 16.5. The number of rotatable bonds is 9. The number of nitrogens with two attached hydrogens (primary N) is 1. The van der Waals surface area contributed by atoms with Crippen molar-refractivity contribution in [3.63, 3.8) is 0 Å². The molecule has 0 radical (unpaired) electrons. The van der Waals surface area contributed by atoms with E-state index in [0.717, 1.165) is 38.4 Å². The highest BCUT2D eigenvalue weighted by Crippen LogP contribution is 2.38. The number of carbonyl (C=O) groups excluding carboxylic acids is 1. The standard InChI is InChI=1S/C29H39ClN8O4/c1-7-37-10-12-38(13-11-37)23-16-25(41-6)22(15-20(23)31)35-27-32-17-19(30)26(36-27)34-21-14-18(8-9-24(21)40-5)33-28(39)42-29(2,3)4/h8-9,14-17H,7,10-13,31H2,1-6H3,(H,33,39)(H2,32,34,35,36). The molecular weight excluding hydrogens is 560 g/mol. The molecule has 3 aromatic rings. The topological polar surface area (TPSA) is 139 Å². The molecule has 0 saturated carbocycles. The van der Waals surface area contributed by atoms with Crippen molar-refractivity contribution in [2.75, 3.05) is 73.5 Å². The van der Waals surface area contributed by atoms with E-state index in [4.69, 9.17) is 31.5 Å². The molecule has 12 nitrogen and oxygen atoms in total. The molecule has 0 bridgehead atoms. The predicted octanol–water partition coefficient (Wildman–Crippen LogP) is 5.71. The maximum atomic E-state index is 12.3. The van der Waals surface area contributed by atoms with E-state index in [-0.39, 0.29) is 11.0 Å². The van der Waals surface area contributed by atoms with Crippen LogP contribution in [0.5, 0.6) is 11.5 Å². The molecule has 2 aromatic carbocycles. The van der Waals surface area contributed by atoms with Gasteiger partial charge in [-0.3, -0.25) is 5.32 Å². The Kier molecular flexibility index (Phi) is 9.69. The van der Waals surface area contributed by atoms with Gasteiger partial charge in [-0.2, -0.15) is 4.98 Å². The van der Waals surface area contributed by atoms with E-state index < -0.39 is 11.7 Å². The van der Waals surface area contributed by atoms with Crippen LogP contribution in [0.25, 0.3) is 0 Å². The SMILES string of the molecule is CCN1CCN(c2cc(OC)c(Nc3ncc(Cl)c(Nc4cc(NC(=O)OC(C)(C)C)ccc4OC)n3)cc2N)CC1. The van der Waals surface area contributed by atoms with E-state index in [1.165, 1.54) is 6.20 Å². The molecule has 0 unspecified atom stereocenters. The number of piperazine rings is 1. The lowest BCUT2D eigenvalue weighted by atomic mass is 10.1. The van der Waals surface area contributed by atoms with Gasteiger partial charge in [-0.15, -0.1) is 0 Å². The summed E-state index contributed by atoms with van der Waals surface area (Å²) in [5.41, 5.74) is 9.03. The third-order valence-corrected chi connectivity index (χ3v) is 6.87. The molecule has 2 heterocycles. The van der Waals surface area contributed by atoms with Gasteiger partial charge in [0.15, 0.2) is 5.82 Å². The van der Waals surface area contributed by atoms with Crippen molar-refractivity contribution in [1.82, 2.24) is 14.9 Å². The zero-order valence-electron chi connectivity index (χ0n) is 24.9. The van der Waals surface area contributed by atoms with E-state index in [1.54, 1.807) is 53.2 Å². The Morgan fingerprint density at radius 1 is 1.02 bits per heavy atom. The maximum absolute atomic E-state index is 12.3. The highest BCUT2D eigenvalue weighted by atomic mass is 35.5. The lowest BCUT2D eigenvalue weighted by molar-refractivity contribution is 0.0636. The van der Waals surface area contributed by atoms with E-state index in [0.29, 0.717) is 40.1 Å². The van der Waals surface area contributed by atoms with Crippen LogP contribution >= 0.6 is 11.6 Å². The number of likely N-dealkylation sites (N-methyl/N-ethyl adjacent to an activating group) is 1. The highest BCUT2D eigenvalue weighted by Gasteiger charge is 2.21. The maximum Gasteiger partial charge on any atom is 0.412 e. The number of ether oxygens (including phenoxy) is 3. The van der Waals surface area contributed by atoms with Crippen molar-refractivity contribution in [1.29, 1.82) is 0 Å². The number of methoxy groups -OCH3 is 2. The molecule has 5 N–H and O–H groups in total. The normalized spacial score (nSPS) is 13.8. The van der Waals surface area contributed by atoms with Gasteiger partial charge in [0.2, 0.25) is 5.95 Å². The van der Waals surface area contributed by atoms with E-state index >= 15 is 0 Å². The summed E-state index contributed by atoms with van der Waals surface area (Å²) in [6, 6.07) is 8.85. The molecule has 1 aliphatic rings. The summed E-state index contributed by atoms with van der Waals surface area (Å²) in [4.78, 5) is 25.9. The Hall–Kier alpha value is -4.16. The van der Waals surface area contributed by atoms with E-state index in [2.05, 4.69) is 42.6 Å². The van der Waals surface area contributed by atoms with Crippen molar-refractivity contribution in [2.24, 2.45) is 0 Å². The smallest absolute Gasteiger partial charge is 0.412 e. The van der Waals surface area contributed by atoms with Crippen LogP contribution in [0, 0.1) is 0 Å². The minimum atomic E-state index is -0.632. The summed E-state index contributed by atoms with van der Waals surface area (Å²) >= 11 is 6.45. The Balaban J connectivity index is 1.54. The van der Waals surface area contributed by atoms with Gasteiger partial charge in [0.1, 0.15) is 22.1 Å². The zero-order valence-corrected chi connectivity index (χ0v) is 25.6. The quantitative estimate of drug-likeness (QED) is 0.225. The number of hydrogen-bond acceptors (Lipinski definition) is 11. The summed E-state index contributed by atoms with van der Waals surface area (Å²) in [5, 5.41) is 9.37. The molecule has 1 saturated heterocycles. The number of halogens is 1. The van der Waals surface area contributed by atoms with Gasteiger partial charge >= 0.3 is 6.09 Å². The molecular formula is C29H39ClN8O4. The highest BCUT2D eigenvalue weighted by molar-refractivity contribution is 6.33. The summed E-state index contributed by atoms with van der Waals surface area (Å²) in [6.45, 7) is 12.3. The van der Waals surface area contributed by atoms with Gasteiger partial charge in [-0.25, -0.2) is 9.78 Å². The van der Waals surface area contributed by atoms with Crippen molar-refractivity contribution < 1.29 is 19.0 Å². The molecule has 0 aliphatic carbocycles. The van der Waals surface area contributed by atoms with Crippen LogP contribution in [-0.4, -0.2) is 73.5 Å². The van der Waals surface area contributed by atoms with Crippen LogP contribution in [0.1, 0.15) is 27.7 Å². The van der Waals surface area contributed by atoms with Crippen molar-refractivity contribution in [3.05, 3.63) is 41.6 Å². The summed E-state index contributed by atoms with van der Waals surface area (Å²) in [6.07, 6.45) is 0.902. The third kappa shape index (κ3) is 7.77. The lowest BCUT2D eigenvalue weighted by Crippen LogP contribution is -2.46. The van der Waals surface area contributed by atoms with Gasteiger partial charge in [-0.05, 0) is 51.6 Å². The Labute approximate surface area is 251 Å². The molecule has 1 amide bonds. The van der Waals surface area contributed by atoms with Crippen LogP contribution in [0.2, 0.25) is 5.02 Å². The second-order valence-corrected chi connectivity index (χ2v) is 11.1. The van der Waals surface area contributed by atoms with Crippen LogP contribution in [0.3, 0.4) is 0 Å². The van der Waals surface area contributed by atoms with Crippen molar-refractivity contribution >= 4 is 57.9 Å². The Morgan fingerprint density at radius 3 is 2.36 bits per heavy atom. The molecule has 226 valence electrons. The number of amides is 1.